The molecule has 0 radical (unpaired) electrons. The maximum atomic E-state index is 6.41. The van der Waals surface area contributed by atoms with Gasteiger partial charge in [-0.25, -0.2) is 0 Å². The molecule has 25 heavy (non-hydrogen) atoms. The molecule has 6 heteroatoms. The molecule has 1 atom stereocenters. The van der Waals surface area contributed by atoms with Crippen molar-refractivity contribution in [3.05, 3.63) is 48.7 Å². The molecule has 0 aromatic heterocycles. The van der Waals surface area contributed by atoms with Gasteiger partial charge in [0.05, 0.1) is 12.7 Å². The van der Waals surface area contributed by atoms with Gasteiger partial charge >= 0.3 is 8.80 Å². The zero-order chi connectivity index (χ0) is 18.0. The van der Waals surface area contributed by atoms with Gasteiger partial charge in [-0.15, -0.1) is 0 Å². The first-order chi connectivity index (χ1) is 12.2. The Kier molecular flexibility index (Phi) is 8.64. The maximum Gasteiger partial charge on any atom is 0.501 e. The standard InChI is InChI=1S/C19H31NO4Si/c1-4-20(15-18-11-8-7-9-12-18)16-19-17-21-13-10-14-25(24-19,22-5-2)23-6-3/h4,7-9,11-12,19H,1,5-6,10,13-17H2,2-3H3. The first kappa shape index (κ1) is 20.1. The minimum Gasteiger partial charge on any atom is -0.379 e. The molecule has 1 unspecified atom stereocenters. The molecule has 0 bridgehead atoms. The Morgan fingerprint density at radius 1 is 1.24 bits per heavy atom. The van der Waals surface area contributed by atoms with Crippen LogP contribution in [0.15, 0.2) is 43.1 Å². The summed E-state index contributed by atoms with van der Waals surface area (Å²) in [5.41, 5.74) is 1.24. The third-order valence-electron chi connectivity index (χ3n) is 4.07. The lowest BCUT2D eigenvalue weighted by atomic mass is 10.2. The van der Waals surface area contributed by atoms with Crippen LogP contribution in [0.25, 0.3) is 0 Å². The zero-order valence-electron chi connectivity index (χ0n) is 15.5. The van der Waals surface area contributed by atoms with Crippen LogP contribution >= 0.6 is 0 Å². The summed E-state index contributed by atoms with van der Waals surface area (Å²) in [6.07, 6.45) is 2.68. The predicted molar refractivity (Wildman–Crippen MR) is 101 cm³/mol. The predicted octanol–water partition coefficient (Wildman–Crippen LogP) is 3.45. The monoisotopic (exact) mass is 365 g/mol. The minimum atomic E-state index is -2.64. The summed E-state index contributed by atoms with van der Waals surface area (Å²) in [4.78, 5) is 2.15. The van der Waals surface area contributed by atoms with E-state index in [4.69, 9.17) is 18.0 Å². The lowest BCUT2D eigenvalue weighted by Gasteiger charge is -2.36. The Hall–Kier alpha value is -1.18. The largest absolute Gasteiger partial charge is 0.501 e. The molecule has 0 amide bonds. The summed E-state index contributed by atoms with van der Waals surface area (Å²) >= 11 is 0. The minimum absolute atomic E-state index is 0.0909. The van der Waals surface area contributed by atoms with E-state index in [0.29, 0.717) is 26.4 Å². The highest BCUT2D eigenvalue weighted by atomic mass is 28.4. The zero-order valence-corrected chi connectivity index (χ0v) is 16.5. The molecule has 1 saturated heterocycles. The molecule has 1 aromatic carbocycles. The van der Waals surface area contributed by atoms with Gasteiger partial charge < -0.3 is 22.9 Å². The SMILES string of the molecule is C=CN(Cc1ccccc1)CC1COCCC[Si](OCC)(OCC)O1. The number of ether oxygens (including phenoxy) is 1. The van der Waals surface area contributed by atoms with Crippen LogP contribution in [-0.4, -0.2) is 52.8 Å². The Morgan fingerprint density at radius 3 is 2.60 bits per heavy atom. The van der Waals surface area contributed by atoms with Crippen molar-refractivity contribution in [1.82, 2.24) is 4.90 Å². The molecule has 0 spiro atoms. The van der Waals surface area contributed by atoms with Gasteiger partial charge in [0.1, 0.15) is 0 Å². The van der Waals surface area contributed by atoms with E-state index in [1.165, 1.54) is 5.56 Å². The maximum absolute atomic E-state index is 6.41. The Bertz CT molecular complexity index is 493. The van der Waals surface area contributed by atoms with Crippen molar-refractivity contribution in [2.75, 3.05) is 33.0 Å². The van der Waals surface area contributed by atoms with Crippen molar-refractivity contribution < 1.29 is 18.0 Å². The van der Waals surface area contributed by atoms with E-state index in [2.05, 4.69) is 23.6 Å². The number of benzene rings is 1. The highest BCUT2D eigenvalue weighted by Gasteiger charge is 2.43. The van der Waals surface area contributed by atoms with Gasteiger partial charge in [0.15, 0.2) is 0 Å². The fourth-order valence-electron chi connectivity index (χ4n) is 3.02. The van der Waals surface area contributed by atoms with Crippen molar-refractivity contribution in [3.63, 3.8) is 0 Å². The normalized spacial score (nSPS) is 20.5. The third kappa shape index (κ3) is 6.56. The van der Waals surface area contributed by atoms with Gasteiger partial charge in [-0.05, 0) is 32.0 Å². The van der Waals surface area contributed by atoms with Crippen molar-refractivity contribution in [3.8, 4) is 0 Å². The number of nitrogens with zero attached hydrogens (tertiary/aromatic N) is 1. The average molecular weight is 366 g/mol. The van der Waals surface area contributed by atoms with Crippen LogP contribution in [0.4, 0.5) is 0 Å². The molecule has 1 aromatic rings. The van der Waals surface area contributed by atoms with Crippen LogP contribution in [0.1, 0.15) is 25.8 Å². The Balaban J connectivity index is 2.04. The van der Waals surface area contributed by atoms with Gasteiger partial charge in [-0.3, -0.25) is 0 Å². The van der Waals surface area contributed by atoms with Gasteiger partial charge in [-0.2, -0.15) is 0 Å². The number of rotatable bonds is 9. The van der Waals surface area contributed by atoms with Crippen molar-refractivity contribution >= 4 is 8.80 Å². The van der Waals surface area contributed by atoms with E-state index in [9.17, 15) is 0 Å². The molecule has 1 fully saturated rings. The molecular weight excluding hydrogens is 334 g/mol. The van der Waals surface area contributed by atoms with Gasteiger partial charge in [0, 0.05) is 39.0 Å². The Labute approximate surface area is 152 Å². The molecule has 0 aliphatic carbocycles. The quantitative estimate of drug-likeness (QED) is 0.627. The summed E-state index contributed by atoms with van der Waals surface area (Å²) in [5.74, 6) is 0. The van der Waals surface area contributed by atoms with Crippen LogP contribution in [-0.2, 0) is 24.6 Å². The van der Waals surface area contributed by atoms with Crippen molar-refractivity contribution in [1.29, 1.82) is 0 Å². The molecule has 0 saturated carbocycles. The van der Waals surface area contributed by atoms with E-state index in [1.54, 1.807) is 0 Å². The fraction of sp³-hybridized carbons (Fsp3) is 0.579. The molecule has 1 heterocycles. The smallest absolute Gasteiger partial charge is 0.379 e. The number of hydrogen-bond acceptors (Lipinski definition) is 5. The highest BCUT2D eigenvalue weighted by molar-refractivity contribution is 6.60. The van der Waals surface area contributed by atoms with Crippen molar-refractivity contribution in [2.45, 2.75) is 39.0 Å². The first-order valence-corrected chi connectivity index (χ1v) is 11.1. The summed E-state index contributed by atoms with van der Waals surface area (Å²) in [5, 5.41) is 0. The second kappa shape index (κ2) is 10.7. The molecule has 1 aliphatic heterocycles. The summed E-state index contributed by atoms with van der Waals surface area (Å²) in [7, 11) is -2.64. The first-order valence-electron chi connectivity index (χ1n) is 9.15. The lowest BCUT2D eigenvalue weighted by molar-refractivity contribution is -0.0329. The van der Waals surface area contributed by atoms with Crippen LogP contribution in [0.5, 0.6) is 0 Å². The van der Waals surface area contributed by atoms with E-state index < -0.39 is 8.80 Å². The Morgan fingerprint density at radius 2 is 1.96 bits per heavy atom. The second-order valence-electron chi connectivity index (χ2n) is 6.06. The summed E-state index contributed by atoms with van der Waals surface area (Å²) in [6, 6.07) is 11.2. The van der Waals surface area contributed by atoms with Gasteiger partial charge in [0.2, 0.25) is 0 Å². The highest BCUT2D eigenvalue weighted by Crippen LogP contribution is 2.23. The lowest BCUT2D eigenvalue weighted by Crippen LogP contribution is -2.52. The molecule has 2 rings (SSSR count). The van der Waals surface area contributed by atoms with E-state index in [0.717, 1.165) is 25.6 Å². The summed E-state index contributed by atoms with van der Waals surface area (Å²) < 4.78 is 24.2. The van der Waals surface area contributed by atoms with Gasteiger partial charge in [-0.1, -0.05) is 36.9 Å². The van der Waals surface area contributed by atoms with Crippen LogP contribution in [0, 0.1) is 0 Å². The topological polar surface area (TPSA) is 40.2 Å². The van der Waals surface area contributed by atoms with Crippen molar-refractivity contribution in [2.24, 2.45) is 0 Å². The molecule has 0 N–H and O–H groups in total. The van der Waals surface area contributed by atoms with Crippen LogP contribution in [0.3, 0.4) is 0 Å². The number of hydrogen-bond donors (Lipinski definition) is 0. The van der Waals surface area contributed by atoms with Crippen LogP contribution in [0.2, 0.25) is 6.04 Å². The molecule has 140 valence electrons. The molecule has 1 aliphatic rings. The van der Waals surface area contributed by atoms with E-state index in [1.807, 2.05) is 38.2 Å². The summed E-state index contributed by atoms with van der Waals surface area (Å²) in [6.45, 7) is 11.9. The third-order valence-corrected chi connectivity index (χ3v) is 7.19. The molecular formula is C19H31NO4Si. The fourth-order valence-corrected chi connectivity index (χ4v) is 5.75. The van der Waals surface area contributed by atoms with E-state index >= 15 is 0 Å². The second-order valence-corrected chi connectivity index (χ2v) is 8.74. The average Bonchev–Trinajstić information content (AvgIpc) is 2.60. The van der Waals surface area contributed by atoms with E-state index in [-0.39, 0.29) is 6.10 Å². The van der Waals surface area contributed by atoms with Gasteiger partial charge in [0.25, 0.3) is 0 Å². The van der Waals surface area contributed by atoms with Crippen LogP contribution < -0.4 is 0 Å². The molecule has 5 nitrogen and oxygen atoms in total.